The third-order valence-corrected chi connectivity index (χ3v) is 7.61. The highest BCUT2D eigenvalue weighted by Crippen LogP contribution is 2.47. The standard InChI is InChI=1S/C23H24F3N3O2S/c1-31-14-17-13-29(18-5-4-16(12-27)19(11-18)23(24,25)26)15-22(17)6-8-28(9-7-22)21(30)20-3-2-10-32-20/h2-5,10-11,17H,6-9,13-15H2,1H3. The number of thiophene rings is 1. The summed E-state index contributed by atoms with van der Waals surface area (Å²) < 4.78 is 45.8. The van der Waals surface area contributed by atoms with Gasteiger partial charge in [0.2, 0.25) is 0 Å². The van der Waals surface area contributed by atoms with E-state index in [1.807, 2.05) is 27.3 Å². The second-order valence-electron chi connectivity index (χ2n) is 8.50. The van der Waals surface area contributed by atoms with Gasteiger partial charge in [0.1, 0.15) is 0 Å². The van der Waals surface area contributed by atoms with Crippen molar-refractivity contribution in [2.24, 2.45) is 11.3 Å². The van der Waals surface area contributed by atoms with E-state index in [4.69, 9.17) is 10.00 Å². The molecule has 9 heteroatoms. The van der Waals surface area contributed by atoms with Gasteiger partial charge in [0.15, 0.2) is 0 Å². The molecule has 1 spiro atoms. The zero-order chi connectivity index (χ0) is 22.9. The van der Waals surface area contributed by atoms with E-state index in [0.29, 0.717) is 38.5 Å². The molecule has 1 aromatic heterocycles. The van der Waals surface area contributed by atoms with Crippen LogP contribution in [0.2, 0.25) is 0 Å². The molecule has 0 bridgehead atoms. The largest absolute Gasteiger partial charge is 0.417 e. The topological polar surface area (TPSA) is 56.6 Å². The monoisotopic (exact) mass is 463 g/mol. The van der Waals surface area contributed by atoms with Gasteiger partial charge in [-0.15, -0.1) is 11.3 Å². The average molecular weight is 464 g/mol. The summed E-state index contributed by atoms with van der Waals surface area (Å²) in [5, 5.41) is 11.0. The predicted octanol–water partition coefficient (Wildman–Crippen LogP) is 4.64. The molecule has 5 nitrogen and oxygen atoms in total. The van der Waals surface area contributed by atoms with Crippen molar-refractivity contribution in [3.63, 3.8) is 0 Å². The van der Waals surface area contributed by atoms with Crippen LogP contribution in [0.3, 0.4) is 0 Å². The summed E-state index contributed by atoms with van der Waals surface area (Å²) in [5.74, 6) is 0.186. The Balaban J connectivity index is 1.54. The van der Waals surface area contributed by atoms with E-state index in [-0.39, 0.29) is 22.8 Å². The molecule has 2 fully saturated rings. The first-order valence-corrected chi connectivity index (χ1v) is 11.3. The van der Waals surface area contributed by atoms with Gasteiger partial charge in [-0.25, -0.2) is 0 Å². The molecule has 2 aromatic rings. The number of likely N-dealkylation sites (tertiary alicyclic amines) is 1. The minimum Gasteiger partial charge on any atom is -0.384 e. The highest BCUT2D eigenvalue weighted by molar-refractivity contribution is 7.12. The summed E-state index contributed by atoms with van der Waals surface area (Å²) in [6.45, 7) is 2.93. The Morgan fingerprint density at radius 1 is 1.31 bits per heavy atom. The number of hydrogen-bond acceptors (Lipinski definition) is 5. The molecule has 1 amide bonds. The summed E-state index contributed by atoms with van der Waals surface area (Å²) in [6, 6.07) is 9.24. The van der Waals surface area contributed by atoms with E-state index < -0.39 is 11.7 Å². The zero-order valence-corrected chi connectivity index (χ0v) is 18.5. The van der Waals surface area contributed by atoms with Gasteiger partial charge in [0, 0.05) is 44.9 Å². The van der Waals surface area contributed by atoms with Crippen LogP contribution < -0.4 is 4.90 Å². The van der Waals surface area contributed by atoms with E-state index in [0.717, 1.165) is 23.8 Å². The van der Waals surface area contributed by atoms with E-state index in [2.05, 4.69) is 0 Å². The third kappa shape index (κ3) is 4.21. The van der Waals surface area contributed by atoms with Crippen molar-refractivity contribution in [1.29, 1.82) is 5.26 Å². The molecule has 3 heterocycles. The third-order valence-electron chi connectivity index (χ3n) is 6.75. The smallest absolute Gasteiger partial charge is 0.384 e. The summed E-state index contributed by atoms with van der Waals surface area (Å²) in [7, 11) is 1.63. The van der Waals surface area contributed by atoms with Gasteiger partial charge in [-0.05, 0) is 47.9 Å². The number of methoxy groups -OCH3 is 1. The van der Waals surface area contributed by atoms with Crippen LogP contribution >= 0.6 is 11.3 Å². The number of carbonyl (C=O) groups excluding carboxylic acids is 1. The van der Waals surface area contributed by atoms with Gasteiger partial charge >= 0.3 is 6.18 Å². The number of halogens is 3. The minimum atomic E-state index is -4.59. The molecule has 170 valence electrons. The Morgan fingerprint density at radius 3 is 2.66 bits per heavy atom. The van der Waals surface area contributed by atoms with Crippen molar-refractivity contribution in [3.8, 4) is 6.07 Å². The number of carbonyl (C=O) groups is 1. The van der Waals surface area contributed by atoms with E-state index in [1.165, 1.54) is 17.4 Å². The maximum atomic E-state index is 13.5. The molecule has 0 aliphatic carbocycles. The SMILES string of the molecule is COCC1CN(c2ccc(C#N)c(C(F)(F)F)c2)CC12CCN(C(=O)c1cccs1)CC2. The fourth-order valence-corrected chi connectivity index (χ4v) is 5.69. The van der Waals surface area contributed by atoms with Crippen LogP contribution in [-0.4, -0.2) is 50.7 Å². The normalized spacial score (nSPS) is 20.5. The van der Waals surface area contributed by atoms with E-state index in [1.54, 1.807) is 19.2 Å². The molecule has 2 aliphatic heterocycles. The molecule has 0 saturated carbocycles. The van der Waals surface area contributed by atoms with Crippen LogP contribution in [0.25, 0.3) is 0 Å². The number of hydrogen-bond donors (Lipinski definition) is 0. The lowest BCUT2D eigenvalue weighted by atomic mass is 9.71. The highest BCUT2D eigenvalue weighted by Gasteiger charge is 2.49. The van der Waals surface area contributed by atoms with Crippen LogP contribution in [0.1, 0.15) is 33.6 Å². The van der Waals surface area contributed by atoms with Crippen LogP contribution in [-0.2, 0) is 10.9 Å². The van der Waals surface area contributed by atoms with Gasteiger partial charge in [0.25, 0.3) is 5.91 Å². The Morgan fingerprint density at radius 2 is 2.06 bits per heavy atom. The maximum Gasteiger partial charge on any atom is 0.417 e. The number of piperidine rings is 1. The number of nitriles is 1. The second kappa shape index (κ2) is 8.75. The summed E-state index contributed by atoms with van der Waals surface area (Å²) in [4.78, 5) is 17.3. The minimum absolute atomic E-state index is 0.0369. The zero-order valence-electron chi connectivity index (χ0n) is 17.7. The number of ether oxygens (including phenoxy) is 1. The number of benzene rings is 1. The van der Waals surface area contributed by atoms with E-state index >= 15 is 0 Å². The van der Waals surface area contributed by atoms with E-state index in [9.17, 15) is 18.0 Å². The van der Waals surface area contributed by atoms with Crippen LogP contribution in [0, 0.1) is 22.7 Å². The van der Waals surface area contributed by atoms with Gasteiger partial charge < -0.3 is 14.5 Å². The lowest BCUT2D eigenvalue weighted by Crippen LogP contribution is -2.47. The first-order valence-electron chi connectivity index (χ1n) is 10.5. The Labute approximate surface area is 189 Å². The first kappa shape index (κ1) is 22.6. The predicted molar refractivity (Wildman–Crippen MR) is 116 cm³/mol. The average Bonchev–Trinajstić information content (AvgIpc) is 3.42. The Kier molecular flexibility index (Phi) is 6.19. The van der Waals surface area contributed by atoms with Crippen molar-refractivity contribution in [2.45, 2.75) is 19.0 Å². The fraction of sp³-hybridized carbons (Fsp3) is 0.478. The molecule has 1 atom stereocenters. The molecule has 0 radical (unpaired) electrons. The maximum absolute atomic E-state index is 13.5. The molecule has 0 N–H and O–H groups in total. The molecular formula is C23H24F3N3O2S. The number of anilines is 1. The highest BCUT2D eigenvalue weighted by atomic mass is 32.1. The van der Waals surface area contributed by atoms with Crippen molar-refractivity contribution in [1.82, 2.24) is 4.90 Å². The lowest BCUT2D eigenvalue weighted by molar-refractivity contribution is -0.137. The lowest BCUT2D eigenvalue weighted by Gasteiger charge is -2.42. The fourth-order valence-electron chi connectivity index (χ4n) is 5.00. The molecule has 4 rings (SSSR count). The van der Waals surface area contributed by atoms with Crippen LogP contribution in [0.15, 0.2) is 35.7 Å². The molecular weight excluding hydrogens is 439 g/mol. The van der Waals surface area contributed by atoms with Crippen LogP contribution in [0.4, 0.5) is 18.9 Å². The second-order valence-corrected chi connectivity index (χ2v) is 9.45. The summed E-state index contributed by atoms with van der Waals surface area (Å²) in [6.07, 6.45) is -3.04. The number of alkyl halides is 3. The van der Waals surface area contributed by atoms with Gasteiger partial charge in [-0.1, -0.05) is 6.07 Å². The summed E-state index contributed by atoms with van der Waals surface area (Å²) >= 11 is 1.43. The van der Waals surface area contributed by atoms with Crippen molar-refractivity contribution < 1.29 is 22.7 Å². The quantitative estimate of drug-likeness (QED) is 0.663. The van der Waals surface area contributed by atoms with Crippen molar-refractivity contribution in [2.75, 3.05) is 44.8 Å². The van der Waals surface area contributed by atoms with Gasteiger partial charge in [0.05, 0.1) is 28.7 Å². The van der Waals surface area contributed by atoms with Gasteiger partial charge in [-0.3, -0.25) is 4.79 Å². The number of nitrogens with zero attached hydrogens (tertiary/aromatic N) is 3. The Bertz CT molecular complexity index is 1010. The Hall–Kier alpha value is -2.57. The number of rotatable bonds is 4. The molecule has 2 aliphatic rings. The summed E-state index contributed by atoms with van der Waals surface area (Å²) in [5.41, 5.74) is -0.942. The number of amides is 1. The first-order chi connectivity index (χ1) is 15.3. The van der Waals surface area contributed by atoms with Gasteiger partial charge in [-0.2, -0.15) is 18.4 Å². The van der Waals surface area contributed by atoms with Crippen LogP contribution in [0.5, 0.6) is 0 Å². The molecule has 1 unspecified atom stereocenters. The van der Waals surface area contributed by atoms with Crippen molar-refractivity contribution >= 4 is 22.9 Å². The van der Waals surface area contributed by atoms with Crippen molar-refractivity contribution in [3.05, 3.63) is 51.7 Å². The molecule has 32 heavy (non-hydrogen) atoms. The molecule has 1 aromatic carbocycles. The molecule has 2 saturated heterocycles.